The van der Waals surface area contributed by atoms with Crippen molar-refractivity contribution in [3.8, 4) is 5.82 Å². The highest BCUT2D eigenvalue weighted by molar-refractivity contribution is 7.80. The number of thiocarbonyl (C=S) groups is 1. The van der Waals surface area contributed by atoms with Gasteiger partial charge >= 0.3 is 0 Å². The summed E-state index contributed by atoms with van der Waals surface area (Å²) < 4.78 is 3.63. The molecule has 3 aromatic heterocycles. The summed E-state index contributed by atoms with van der Waals surface area (Å²) in [4.78, 5) is 3.51. The molecule has 0 amide bonds. The van der Waals surface area contributed by atoms with Crippen LogP contribution in [0.15, 0.2) is 42.6 Å². The highest BCUT2D eigenvalue weighted by Gasteiger charge is 2.23. The van der Waals surface area contributed by atoms with Crippen LogP contribution in [0.2, 0.25) is 0 Å². The fourth-order valence-electron chi connectivity index (χ4n) is 4.97. The van der Waals surface area contributed by atoms with Gasteiger partial charge in [-0.15, -0.1) is 15.3 Å². The van der Waals surface area contributed by atoms with Gasteiger partial charge in [-0.3, -0.25) is 0 Å². The van der Waals surface area contributed by atoms with Crippen molar-refractivity contribution in [1.29, 1.82) is 0 Å². The summed E-state index contributed by atoms with van der Waals surface area (Å²) in [7, 11) is 0. The van der Waals surface area contributed by atoms with E-state index in [0.717, 1.165) is 65.7 Å². The van der Waals surface area contributed by atoms with E-state index in [1.54, 1.807) is 4.52 Å². The molecule has 1 aliphatic heterocycles. The molecule has 3 aromatic rings. The molecule has 7 nitrogen and oxygen atoms in total. The second-order valence-electron chi connectivity index (χ2n) is 9.24. The largest absolute Gasteiger partial charge is 0.366 e. The summed E-state index contributed by atoms with van der Waals surface area (Å²) >= 11 is 5.82. The van der Waals surface area contributed by atoms with Crippen molar-refractivity contribution in [2.75, 3.05) is 13.1 Å². The SMILES string of the molecule is Cc1c(CCC(=S)N2CCC(CC3C=CC=CC3)CC2)cnn1-c1ccc2nnc(C)n2n1. The summed E-state index contributed by atoms with van der Waals surface area (Å²) in [5.41, 5.74) is 3.05. The van der Waals surface area contributed by atoms with Crippen molar-refractivity contribution >= 4 is 22.9 Å². The zero-order valence-corrected chi connectivity index (χ0v) is 20.2. The number of fused-ring (bicyclic) bond motifs is 1. The van der Waals surface area contributed by atoms with Crippen LogP contribution in [-0.4, -0.2) is 52.6 Å². The maximum Gasteiger partial charge on any atom is 0.178 e. The second kappa shape index (κ2) is 9.55. The zero-order chi connectivity index (χ0) is 22.8. The molecule has 2 aliphatic rings. The Labute approximate surface area is 200 Å². The van der Waals surface area contributed by atoms with Crippen LogP contribution in [0.4, 0.5) is 0 Å². The molecule has 172 valence electrons. The lowest BCUT2D eigenvalue weighted by atomic mass is 9.84. The summed E-state index contributed by atoms with van der Waals surface area (Å²) in [6.45, 7) is 6.18. The molecule has 33 heavy (non-hydrogen) atoms. The monoisotopic (exact) mass is 461 g/mol. The van der Waals surface area contributed by atoms with Gasteiger partial charge in [0.2, 0.25) is 0 Å². The minimum atomic E-state index is 0.724. The fourth-order valence-corrected chi connectivity index (χ4v) is 5.26. The standard InChI is InChI=1S/C25H31N7S/c1-18-22(17-26-31(18)24-10-9-23-28-27-19(2)32(23)29-24)8-11-25(33)30-14-12-21(13-15-30)16-20-6-4-3-5-7-20/h3-6,9-10,17,20-21H,7-8,11-16H2,1-2H3. The van der Waals surface area contributed by atoms with Crippen LogP contribution in [0, 0.1) is 25.7 Å². The van der Waals surface area contributed by atoms with Crippen LogP contribution in [0.25, 0.3) is 11.5 Å². The molecular weight excluding hydrogens is 430 g/mol. The maximum absolute atomic E-state index is 5.82. The zero-order valence-electron chi connectivity index (χ0n) is 19.4. The molecule has 0 spiro atoms. The molecule has 0 bridgehead atoms. The summed E-state index contributed by atoms with van der Waals surface area (Å²) in [6, 6.07) is 3.85. The second-order valence-corrected chi connectivity index (χ2v) is 9.72. The van der Waals surface area contributed by atoms with Gasteiger partial charge in [-0.25, -0.2) is 4.68 Å². The van der Waals surface area contributed by atoms with E-state index in [2.05, 4.69) is 56.5 Å². The molecule has 1 atom stereocenters. The molecule has 0 aromatic carbocycles. The van der Waals surface area contributed by atoms with E-state index in [0.29, 0.717) is 0 Å². The third kappa shape index (κ3) is 4.76. The van der Waals surface area contributed by atoms with Crippen molar-refractivity contribution in [3.05, 3.63) is 59.7 Å². The highest BCUT2D eigenvalue weighted by Crippen LogP contribution is 2.28. The van der Waals surface area contributed by atoms with Crippen molar-refractivity contribution in [2.45, 2.75) is 52.4 Å². The predicted molar refractivity (Wildman–Crippen MR) is 134 cm³/mol. The predicted octanol–water partition coefficient (Wildman–Crippen LogP) is 4.42. The fraction of sp³-hybridized carbons (Fsp3) is 0.480. The van der Waals surface area contributed by atoms with Gasteiger partial charge in [-0.2, -0.15) is 9.61 Å². The van der Waals surface area contributed by atoms with Gasteiger partial charge < -0.3 is 4.90 Å². The molecule has 8 heteroatoms. The lowest BCUT2D eigenvalue weighted by Gasteiger charge is -2.35. The van der Waals surface area contributed by atoms with E-state index in [-0.39, 0.29) is 0 Å². The third-order valence-corrected chi connectivity index (χ3v) is 7.48. The maximum atomic E-state index is 5.82. The number of rotatable bonds is 6. The average Bonchev–Trinajstić information content (AvgIpc) is 3.40. The Hall–Kier alpha value is -2.87. The minimum absolute atomic E-state index is 0.724. The molecule has 0 N–H and O–H groups in total. The molecule has 1 saturated heterocycles. The first-order valence-electron chi connectivity index (χ1n) is 11.9. The van der Waals surface area contributed by atoms with Gasteiger partial charge in [-0.1, -0.05) is 36.5 Å². The van der Waals surface area contributed by atoms with Crippen LogP contribution >= 0.6 is 12.2 Å². The Morgan fingerprint density at radius 2 is 1.97 bits per heavy atom. The van der Waals surface area contributed by atoms with Gasteiger partial charge in [0.1, 0.15) is 0 Å². The number of likely N-dealkylation sites (tertiary alicyclic amines) is 1. The van der Waals surface area contributed by atoms with E-state index in [1.165, 1.54) is 31.2 Å². The number of hydrogen-bond acceptors (Lipinski definition) is 5. The Morgan fingerprint density at radius 1 is 1.12 bits per heavy atom. The molecule has 1 aliphatic carbocycles. The van der Waals surface area contributed by atoms with Gasteiger partial charge in [-0.05, 0) is 75.5 Å². The Morgan fingerprint density at radius 3 is 2.76 bits per heavy atom. The van der Waals surface area contributed by atoms with Crippen molar-refractivity contribution < 1.29 is 0 Å². The molecule has 4 heterocycles. The number of nitrogens with zero attached hydrogens (tertiary/aromatic N) is 7. The van der Waals surface area contributed by atoms with Crippen molar-refractivity contribution in [3.63, 3.8) is 0 Å². The van der Waals surface area contributed by atoms with E-state index in [9.17, 15) is 0 Å². The Kier molecular flexibility index (Phi) is 6.35. The quantitative estimate of drug-likeness (QED) is 0.506. The highest BCUT2D eigenvalue weighted by atomic mass is 32.1. The lowest BCUT2D eigenvalue weighted by Crippen LogP contribution is -2.38. The number of piperidine rings is 1. The number of aromatic nitrogens is 6. The first-order valence-corrected chi connectivity index (χ1v) is 12.3. The smallest absolute Gasteiger partial charge is 0.178 e. The molecule has 1 fully saturated rings. The van der Waals surface area contributed by atoms with Gasteiger partial charge in [0, 0.05) is 25.2 Å². The molecule has 5 rings (SSSR count). The van der Waals surface area contributed by atoms with Gasteiger partial charge in [0.05, 0.1) is 11.2 Å². The Balaban J connectivity index is 1.15. The van der Waals surface area contributed by atoms with Crippen LogP contribution in [-0.2, 0) is 6.42 Å². The van der Waals surface area contributed by atoms with E-state index >= 15 is 0 Å². The van der Waals surface area contributed by atoms with E-state index in [1.807, 2.05) is 29.9 Å². The molecule has 0 saturated carbocycles. The molecule has 1 unspecified atom stereocenters. The van der Waals surface area contributed by atoms with Crippen LogP contribution in [0.3, 0.4) is 0 Å². The number of allylic oxidation sites excluding steroid dienone is 4. The van der Waals surface area contributed by atoms with Gasteiger partial charge in [0.15, 0.2) is 17.3 Å². The van der Waals surface area contributed by atoms with E-state index in [4.69, 9.17) is 12.2 Å². The van der Waals surface area contributed by atoms with Gasteiger partial charge in [0.25, 0.3) is 0 Å². The summed E-state index contributed by atoms with van der Waals surface area (Å²) in [6.07, 6.45) is 17.8. The van der Waals surface area contributed by atoms with Crippen molar-refractivity contribution in [2.24, 2.45) is 11.8 Å². The normalized spacial score (nSPS) is 19.0. The van der Waals surface area contributed by atoms with Crippen LogP contribution in [0.5, 0.6) is 0 Å². The first-order chi connectivity index (χ1) is 16.1. The summed E-state index contributed by atoms with van der Waals surface area (Å²) in [5, 5.41) is 17.4. The summed E-state index contributed by atoms with van der Waals surface area (Å²) in [5.74, 6) is 3.08. The van der Waals surface area contributed by atoms with Crippen LogP contribution < -0.4 is 0 Å². The number of hydrogen-bond donors (Lipinski definition) is 0. The minimum Gasteiger partial charge on any atom is -0.366 e. The van der Waals surface area contributed by atoms with Crippen LogP contribution in [0.1, 0.15) is 49.2 Å². The van der Waals surface area contributed by atoms with Crippen molar-refractivity contribution in [1.82, 2.24) is 34.5 Å². The average molecular weight is 462 g/mol. The topological polar surface area (TPSA) is 64.1 Å². The number of aryl methyl sites for hydroxylation is 2. The molecular formula is C25H31N7S. The third-order valence-electron chi connectivity index (χ3n) is 7.01. The lowest BCUT2D eigenvalue weighted by molar-refractivity contribution is 0.241. The Bertz CT molecular complexity index is 1200. The van der Waals surface area contributed by atoms with E-state index < -0.39 is 0 Å². The molecule has 0 radical (unpaired) electrons. The first kappa shape index (κ1) is 21.9.